The lowest BCUT2D eigenvalue weighted by Gasteiger charge is -2.34. The van der Waals surface area contributed by atoms with Crippen LogP contribution in [-0.4, -0.2) is 11.9 Å². The minimum atomic E-state index is -0.205. The molecule has 1 aromatic rings. The van der Waals surface area contributed by atoms with Crippen molar-refractivity contribution < 1.29 is 4.79 Å². The predicted octanol–water partition coefficient (Wildman–Crippen LogP) is 4.16. The highest BCUT2D eigenvalue weighted by Gasteiger charge is 2.39. The third-order valence-electron chi connectivity index (χ3n) is 5.30. The van der Waals surface area contributed by atoms with Crippen molar-refractivity contribution in [3.63, 3.8) is 0 Å². The first-order valence-corrected chi connectivity index (χ1v) is 8.80. The van der Waals surface area contributed by atoms with Crippen LogP contribution < -0.4 is 11.1 Å². The molecule has 2 unspecified atom stereocenters. The van der Waals surface area contributed by atoms with Gasteiger partial charge in [0.25, 0.3) is 0 Å². The molecule has 3 rings (SSSR count). The van der Waals surface area contributed by atoms with Gasteiger partial charge in [0.05, 0.1) is 5.54 Å². The SMILES string of the molecule is Cl.NC1CCCC(C(=O)NC2(c3ccc(Cl)cc3)CCCC2)C1. The molecule has 0 heterocycles. The third kappa shape index (κ3) is 4.20. The molecule has 0 aliphatic heterocycles. The molecule has 2 saturated carbocycles. The molecule has 1 aromatic carbocycles. The van der Waals surface area contributed by atoms with Crippen LogP contribution in [0.5, 0.6) is 0 Å². The molecule has 2 atom stereocenters. The fourth-order valence-electron chi connectivity index (χ4n) is 4.04. The van der Waals surface area contributed by atoms with Gasteiger partial charge in [-0.15, -0.1) is 12.4 Å². The maximum atomic E-state index is 12.8. The van der Waals surface area contributed by atoms with Gasteiger partial charge in [0, 0.05) is 17.0 Å². The van der Waals surface area contributed by atoms with Crippen LogP contribution in [0.1, 0.15) is 56.9 Å². The van der Waals surface area contributed by atoms with Crippen LogP contribution in [0.4, 0.5) is 0 Å². The predicted molar refractivity (Wildman–Crippen MR) is 96.9 cm³/mol. The summed E-state index contributed by atoms with van der Waals surface area (Å²) in [7, 11) is 0. The molecule has 0 aromatic heterocycles. The Morgan fingerprint density at radius 2 is 1.78 bits per heavy atom. The molecule has 0 bridgehead atoms. The van der Waals surface area contributed by atoms with Crippen molar-refractivity contribution in [2.45, 2.75) is 62.9 Å². The summed E-state index contributed by atoms with van der Waals surface area (Å²) in [5.41, 5.74) is 7.02. The quantitative estimate of drug-likeness (QED) is 0.853. The monoisotopic (exact) mass is 356 g/mol. The van der Waals surface area contributed by atoms with E-state index in [9.17, 15) is 4.79 Å². The van der Waals surface area contributed by atoms with Gasteiger partial charge < -0.3 is 11.1 Å². The van der Waals surface area contributed by atoms with Crippen molar-refractivity contribution in [2.75, 3.05) is 0 Å². The molecule has 2 aliphatic carbocycles. The molecular weight excluding hydrogens is 331 g/mol. The highest BCUT2D eigenvalue weighted by molar-refractivity contribution is 6.30. The summed E-state index contributed by atoms with van der Waals surface area (Å²) in [6.07, 6.45) is 8.25. The second kappa shape index (κ2) is 7.87. The Kier molecular flexibility index (Phi) is 6.35. The maximum Gasteiger partial charge on any atom is 0.223 e. The van der Waals surface area contributed by atoms with Gasteiger partial charge in [-0.2, -0.15) is 0 Å². The molecule has 23 heavy (non-hydrogen) atoms. The number of carbonyl (C=O) groups is 1. The molecule has 2 fully saturated rings. The van der Waals surface area contributed by atoms with Crippen LogP contribution in [-0.2, 0) is 10.3 Å². The molecule has 0 radical (unpaired) electrons. The van der Waals surface area contributed by atoms with Gasteiger partial charge >= 0.3 is 0 Å². The number of halogens is 2. The van der Waals surface area contributed by atoms with Crippen molar-refractivity contribution in [1.82, 2.24) is 5.32 Å². The summed E-state index contributed by atoms with van der Waals surface area (Å²) in [4.78, 5) is 12.8. The number of nitrogens with one attached hydrogen (secondary N) is 1. The first-order chi connectivity index (χ1) is 10.6. The van der Waals surface area contributed by atoms with Crippen LogP contribution in [0.3, 0.4) is 0 Å². The van der Waals surface area contributed by atoms with Crippen LogP contribution in [0.25, 0.3) is 0 Å². The summed E-state index contributed by atoms with van der Waals surface area (Å²) < 4.78 is 0. The first-order valence-electron chi connectivity index (χ1n) is 8.43. The summed E-state index contributed by atoms with van der Waals surface area (Å²) in [5.74, 6) is 0.264. The van der Waals surface area contributed by atoms with E-state index in [4.69, 9.17) is 17.3 Å². The molecule has 3 nitrogen and oxygen atoms in total. The van der Waals surface area contributed by atoms with Crippen LogP contribution in [0.2, 0.25) is 5.02 Å². The molecule has 0 spiro atoms. The fraction of sp³-hybridized carbons (Fsp3) is 0.611. The Hall–Kier alpha value is -0.770. The van der Waals surface area contributed by atoms with E-state index in [0.717, 1.165) is 56.4 Å². The normalized spacial score (nSPS) is 26.3. The van der Waals surface area contributed by atoms with Crippen molar-refractivity contribution in [2.24, 2.45) is 11.7 Å². The molecule has 1 amide bonds. The van der Waals surface area contributed by atoms with Crippen LogP contribution in [0, 0.1) is 5.92 Å². The summed E-state index contributed by atoms with van der Waals surface area (Å²) in [6.45, 7) is 0. The van der Waals surface area contributed by atoms with Crippen molar-refractivity contribution in [3.05, 3.63) is 34.9 Å². The fourth-order valence-corrected chi connectivity index (χ4v) is 4.16. The largest absolute Gasteiger partial charge is 0.346 e. The number of rotatable bonds is 3. The minimum Gasteiger partial charge on any atom is -0.346 e. The van der Waals surface area contributed by atoms with Crippen LogP contribution in [0.15, 0.2) is 24.3 Å². The van der Waals surface area contributed by atoms with Gasteiger partial charge in [0.1, 0.15) is 0 Å². The Morgan fingerprint density at radius 3 is 2.39 bits per heavy atom. The summed E-state index contributed by atoms with van der Waals surface area (Å²) in [6, 6.07) is 8.12. The number of amides is 1. The lowest BCUT2D eigenvalue weighted by molar-refractivity contribution is -0.128. The number of carbonyl (C=O) groups excluding carboxylic acids is 1. The van der Waals surface area contributed by atoms with Gasteiger partial charge in [0.15, 0.2) is 0 Å². The zero-order valence-electron chi connectivity index (χ0n) is 13.4. The summed E-state index contributed by atoms with van der Waals surface area (Å²) >= 11 is 6.01. The van der Waals surface area contributed by atoms with Gasteiger partial charge in [-0.05, 0) is 49.8 Å². The van der Waals surface area contributed by atoms with Gasteiger partial charge in [-0.25, -0.2) is 0 Å². The number of nitrogens with two attached hydrogens (primary N) is 1. The van der Waals surface area contributed by atoms with E-state index in [0.29, 0.717) is 0 Å². The van der Waals surface area contributed by atoms with Crippen molar-refractivity contribution in [3.8, 4) is 0 Å². The Labute approximate surface area is 149 Å². The van der Waals surface area contributed by atoms with E-state index >= 15 is 0 Å². The first kappa shape index (κ1) is 18.6. The minimum absolute atomic E-state index is 0. The number of hydrogen-bond acceptors (Lipinski definition) is 2. The lowest BCUT2D eigenvalue weighted by Crippen LogP contribution is -2.48. The Balaban J connectivity index is 0.00000192. The zero-order valence-corrected chi connectivity index (χ0v) is 15.0. The molecule has 5 heteroatoms. The van der Waals surface area contributed by atoms with Gasteiger partial charge in [0.2, 0.25) is 5.91 Å². The topological polar surface area (TPSA) is 55.1 Å². The van der Waals surface area contributed by atoms with E-state index in [2.05, 4.69) is 17.4 Å². The molecule has 0 saturated heterocycles. The van der Waals surface area contributed by atoms with E-state index < -0.39 is 0 Å². The van der Waals surface area contributed by atoms with E-state index in [1.54, 1.807) is 0 Å². The van der Waals surface area contributed by atoms with E-state index in [1.165, 1.54) is 5.56 Å². The van der Waals surface area contributed by atoms with Gasteiger partial charge in [-0.3, -0.25) is 4.79 Å². The molecular formula is C18H26Cl2N2O. The average Bonchev–Trinajstić information content (AvgIpc) is 2.97. The van der Waals surface area contributed by atoms with Crippen LogP contribution >= 0.6 is 24.0 Å². The van der Waals surface area contributed by atoms with Crippen molar-refractivity contribution in [1.29, 1.82) is 0 Å². The van der Waals surface area contributed by atoms with E-state index in [1.807, 2.05) is 12.1 Å². The third-order valence-corrected chi connectivity index (χ3v) is 5.55. The maximum absolute atomic E-state index is 12.8. The van der Waals surface area contributed by atoms with Gasteiger partial charge in [-0.1, -0.05) is 43.0 Å². The number of hydrogen-bond donors (Lipinski definition) is 2. The molecule has 2 aliphatic rings. The van der Waals surface area contributed by atoms with Crippen molar-refractivity contribution >= 4 is 29.9 Å². The Bertz CT molecular complexity index is 526. The Morgan fingerprint density at radius 1 is 1.13 bits per heavy atom. The smallest absolute Gasteiger partial charge is 0.223 e. The average molecular weight is 357 g/mol. The van der Waals surface area contributed by atoms with E-state index in [-0.39, 0.29) is 35.8 Å². The second-order valence-corrected chi connectivity index (χ2v) is 7.35. The summed E-state index contributed by atoms with van der Waals surface area (Å²) in [5, 5.41) is 4.12. The second-order valence-electron chi connectivity index (χ2n) is 6.91. The molecule has 3 N–H and O–H groups in total. The number of benzene rings is 1. The highest BCUT2D eigenvalue weighted by atomic mass is 35.5. The lowest BCUT2D eigenvalue weighted by atomic mass is 9.83. The molecule has 128 valence electrons. The zero-order chi connectivity index (χ0) is 15.6. The highest BCUT2D eigenvalue weighted by Crippen LogP contribution is 2.39. The standard InChI is InChI=1S/C18H25ClN2O.ClH/c19-15-8-6-14(7-9-15)18(10-1-2-11-18)21-17(22)13-4-3-5-16(20)12-13;/h6-9,13,16H,1-5,10-12,20H2,(H,21,22);1H.